The summed E-state index contributed by atoms with van der Waals surface area (Å²) in [4.78, 5) is 39.3. The van der Waals surface area contributed by atoms with Crippen LogP contribution in [0.4, 0.5) is 11.4 Å². The molecule has 1 N–H and O–H groups in total. The lowest BCUT2D eigenvalue weighted by molar-refractivity contribution is -0.123. The molecular formula is C20H18ClN5O3. The van der Waals surface area contributed by atoms with Gasteiger partial charge in [0, 0.05) is 10.7 Å². The van der Waals surface area contributed by atoms with Gasteiger partial charge in [-0.05, 0) is 55.3 Å². The van der Waals surface area contributed by atoms with Crippen LogP contribution in [0.3, 0.4) is 0 Å². The number of aryl methyl sites for hydroxylation is 2. The van der Waals surface area contributed by atoms with Gasteiger partial charge in [0.2, 0.25) is 5.91 Å². The van der Waals surface area contributed by atoms with Gasteiger partial charge in [-0.3, -0.25) is 19.4 Å². The number of hydrogen-bond acceptors (Lipinski definition) is 6. The van der Waals surface area contributed by atoms with Crippen LogP contribution in [-0.2, 0) is 14.4 Å². The smallest absolute Gasteiger partial charge is 0.263 e. The molecule has 148 valence electrons. The molecule has 0 spiro atoms. The molecule has 0 unspecified atom stereocenters. The minimum Gasteiger partial charge on any atom is -0.324 e. The van der Waals surface area contributed by atoms with Crippen LogP contribution in [0.2, 0.25) is 5.02 Å². The van der Waals surface area contributed by atoms with Crippen molar-refractivity contribution in [2.75, 3.05) is 16.8 Å². The molecule has 0 radical (unpaired) electrons. The second-order valence-electron chi connectivity index (χ2n) is 7.11. The van der Waals surface area contributed by atoms with Crippen LogP contribution in [0.15, 0.2) is 52.8 Å². The second-order valence-corrected chi connectivity index (χ2v) is 7.54. The number of anilines is 2. The molecule has 0 aromatic heterocycles. The fourth-order valence-electron chi connectivity index (χ4n) is 3.60. The molecule has 1 saturated heterocycles. The largest absolute Gasteiger partial charge is 0.324 e. The van der Waals surface area contributed by atoms with Gasteiger partial charge in [-0.2, -0.15) is 5.11 Å². The van der Waals surface area contributed by atoms with Crippen molar-refractivity contribution in [3.05, 3.63) is 58.6 Å². The molecule has 8 nitrogen and oxygen atoms in total. The number of rotatable bonds is 4. The molecule has 2 aromatic rings. The van der Waals surface area contributed by atoms with Gasteiger partial charge in [-0.25, -0.2) is 4.90 Å². The fraction of sp³-hybridized carbons (Fsp3) is 0.250. The number of nitrogens with one attached hydrogen (secondary N) is 1. The van der Waals surface area contributed by atoms with E-state index in [1.165, 1.54) is 5.01 Å². The Morgan fingerprint density at radius 2 is 1.83 bits per heavy atom. The number of halogens is 1. The molecule has 2 aliphatic heterocycles. The average molecular weight is 412 g/mol. The first-order valence-electron chi connectivity index (χ1n) is 9.02. The summed E-state index contributed by atoms with van der Waals surface area (Å²) in [5.41, 5.74) is 2.92. The summed E-state index contributed by atoms with van der Waals surface area (Å²) in [6.07, 6.45) is 0. The minimum absolute atomic E-state index is 0.211. The molecule has 0 saturated carbocycles. The summed E-state index contributed by atoms with van der Waals surface area (Å²) in [7, 11) is 0. The minimum atomic E-state index is -0.942. The molecular weight excluding hydrogens is 394 g/mol. The first kappa shape index (κ1) is 19.1. The summed E-state index contributed by atoms with van der Waals surface area (Å²) < 4.78 is 0. The van der Waals surface area contributed by atoms with E-state index >= 15 is 0 Å². The maximum Gasteiger partial charge on any atom is 0.263 e. The van der Waals surface area contributed by atoms with Gasteiger partial charge in [0.15, 0.2) is 12.1 Å². The van der Waals surface area contributed by atoms with E-state index in [4.69, 9.17) is 11.6 Å². The third-order valence-electron chi connectivity index (χ3n) is 4.74. The molecule has 2 heterocycles. The second kappa shape index (κ2) is 7.29. The molecule has 0 aliphatic carbocycles. The Bertz CT molecular complexity index is 1030. The highest BCUT2D eigenvalue weighted by molar-refractivity contribution is 6.31. The maximum absolute atomic E-state index is 13.0. The zero-order chi connectivity index (χ0) is 20.7. The SMILES string of the molecule is Cc1cc(C)cc(N2C(=O)[C@@H]3N=NN(CC(=O)Nc4cccc(Cl)c4)[C@H]3C2=O)c1. The van der Waals surface area contributed by atoms with Crippen LogP contribution >= 0.6 is 11.6 Å². The van der Waals surface area contributed by atoms with Crippen LogP contribution < -0.4 is 10.2 Å². The van der Waals surface area contributed by atoms with E-state index in [-0.39, 0.29) is 6.54 Å². The predicted octanol–water partition coefficient (Wildman–Crippen LogP) is 2.89. The first-order chi connectivity index (χ1) is 13.8. The van der Waals surface area contributed by atoms with Gasteiger partial charge in [-0.1, -0.05) is 29.0 Å². The number of fused-ring (bicyclic) bond motifs is 1. The van der Waals surface area contributed by atoms with Crippen molar-refractivity contribution in [1.29, 1.82) is 0 Å². The molecule has 2 aliphatic rings. The Balaban J connectivity index is 1.51. The van der Waals surface area contributed by atoms with E-state index in [9.17, 15) is 14.4 Å². The van der Waals surface area contributed by atoms with Crippen LogP contribution in [0.25, 0.3) is 0 Å². The van der Waals surface area contributed by atoms with Crippen LogP contribution in [0.1, 0.15) is 11.1 Å². The lowest BCUT2D eigenvalue weighted by atomic mass is 10.1. The third kappa shape index (κ3) is 3.58. The molecule has 3 amide bonds. The monoisotopic (exact) mass is 411 g/mol. The van der Waals surface area contributed by atoms with Crippen molar-refractivity contribution in [3.8, 4) is 0 Å². The Morgan fingerprint density at radius 1 is 1.10 bits per heavy atom. The average Bonchev–Trinajstić information content (AvgIpc) is 3.14. The van der Waals surface area contributed by atoms with Gasteiger partial charge in [0.25, 0.3) is 11.8 Å². The standard InChI is InChI=1S/C20H18ClN5O3/c1-11-6-12(2)8-15(7-11)26-19(28)17-18(20(26)29)25(24-23-17)10-16(27)22-14-5-3-4-13(21)9-14/h3-9,17-18H,10H2,1-2H3,(H,22,27)/t17-,18-/m1/s1. The van der Waals surface area contributed by atoms with Gasteiger partial charge in [0.05, 0.1) is 5.69 Å². The highest BCUT2D eigenvalue weighted by Crippen LogP contribution is 2.32. The van der Waals surface area contributed by atoms with Crippen molar-refractivity contribution in [3.63, 3.8) is 0 Å². The first-order valence-corrected chi connectivity index (χ1v) is 9.40. The van der Waals surface area contributed by atoms with Crippen molar-refractivity contribution < 1.29 is 14.4 Å². The van der Waals surface area contributed by atoms with Crippen LogP contribution in [0, 0.1) is 13.8 Å². The van der Waals surface area contributed by atoms with E-state index in [1.54, 1.807) is 36.4 Å². The molecule has 9 heteroatoms. The topological polar surface area (TPSA) is 94.4 Å². The van der Waals surface area contributed by atoms with Gasteiger partial charge >= 0.3 is 0 Å². The molecule has 2 aromatic carbocycles. The Hall–Kier alpha value is -3.26. The summed E-state index contributed by atoms with van der Waals surface area (Å²) in [5, 5.41) is 12.3. The molecule has 0 bridgehead atoms. The van der Waals surface area contributed by atoms with Crippen LogP contribution in [-0.4, -0.2) is 41.4 Å². The highest BCUT2D eigenvalue weighted by atomic mass is 35.5. The van der Waals surface area contributed by atoms with E-state index in [0.29, 0.717) is 16.4 Å². The lowest BCUT2D eigenvalue weighted by Gasteiger charge is -2.20. The quantitative estimate of drug-likeness (QED) is 0.782. The molecule has 4 rings (SSSR count). The van der Waals surface area contributed by atoms with Gasteiger partial charge in [0.1, 0.15) is 6.54 Å². The third-order valence-corrected chi connectivity index (χ3v) is 4.97. The summed E-state index contributed by atoms with van der Waals surface area (Å²) in [5.74, 6) is -1.27. The molecule has 1 fully saturated rings. The summed E-state index contributed by atoms with van der Waals surface area (Å²) >= 11 is 5.92. The van der Waals surface area contributed by atoms with E-state index < -0.39 is 29.8 Å². The van der Waals surface area contributed by atoms with Gasteiger partial charge in [-0.15, -0.1) is 0 Å². The fourth-order valence-corrected chi connectivity index (χ4v) is 3.79. The highest BCUT2D eigenvalue weighted by Gasteiger charge is 2.55. The number of hydrogen-bond donors (Lipinski definition) is 1. The number of amides is 3. The molecule has 29 heavy (non-hydrogen) atoms. The zero-order valence-corrected chi connectivity index (χ0v) is 16.6. The predicted molar refractivity (Wildman–Crippen MR) is 108 cm³/mol. The summed E-state index contributed by atoms with van der Waals surface area (Å²) in [6, 6.07) is 10.4. The van der Waals surface area contributed by atoms with Crippen molar-refractivity contribution in [2.45, 2.75) is 25.9 Å². The Labute approximate surface area is 172 Å². The van der Waals surface area contributed by atoms with Crippen molar-refractivity contribution >= 4 is 40.7 Å². The van der Waals surface area contributed by atoms with Gasteiger partial charge < -0.3 is 5.32 Å². The maximum atomic E-state index is 13.0. The van der Waals surface area contributed by atoms with E-state index in [1.807, 2.05) is 19.9 Å². The number of imide groups is 1. The number of carbonyl (C=O) groups is 3. The molecule has 2 atom stereocenters. The normalized spacial score (nSPS) is 20.4. The van der Waals surface area contributed by atoms with Crippen molar-refractivity contribution in [1.82, 2.24) is 5.01 Å². The van der Waals surface area contributed by atoms with E-state index in [0.717, 1.165) is 16.0 Å². The van der Waals surface area contributed by atoms with Crippen LogP contribution in [0.5, 0.6) is 0 Å². The van der Waals surface area contributed by atoms with E-state index in [2.05, 4.69) is 15.7 Å². The summed E-state index contributed by atoms with van der Waals surface area (Å²) in [6.45, 7) is 3.58. The van der Waals surface area contributed by atoms with Crippen molar-refractivity contribution in [2.24, 2.45) is 10.3 Å². The Kier molecular flexibility index (Phi) is 4.79. The number of benzene rings is 2. The Morgan fingerprint density at radius 3 is 2.52 bits per heavy atom. The number of nitrogens with zero attached hydrogens (tertiary/aromatic N) is 4. The number of carbonyl (C=O) groups excluding carboxylic acids is 3. The zero-order valence-electron chi connectivity index (χ0n) is 15.8. The lowest BCUT2D eigenvalue weighted by Crippen LogP contribution is -2.43.